The molecule has 0 aliphatic carbocycles. The van der Waals surface area contributed by atoms with Crippen LogP contribution in [0, 0.1) is 12.8 Å². The molecule has 0 spiro atoms. The second-order valence-corrected chi connectivity index (χ2v) is 7.33. The van der Waals surface area contributed by atoms with Crippen LogP contribution in [-0.4, -0.2) is 38.5 Å². The summed E-state index contributed by atoms with van der Waals surface area (Å²) in [5, 5.41) is 12.8. The topological polar surface area (TPSA) is 66.4 Å². The van der Waals surface area contributed by atoms with Gasteiger partial charge in [-0.2, -0.15) is 0 Å². The molecule has 0 aliphatic heterocycles. The lowest BCUT2D eigenvalue weighted by atomic mass is 10.2. The van der Waals surface area contributed by atoms with Gasteiger partial charge in [-0.1, -0.05) is 31.5 Å². The van der Waals surface area contributed by atoms with E-state index in [1.54, 1.807) is 24.3 Å². The van der Waals surface area contributed by atoms with Crippen LogP contribution in [0.4, 0.5) is 0 Å². The Balaban J connectivity index is 2.57. The fraction of sp³-hybridized carbons (Fsp3) is 0.571. The maximum absolute atomic E-state index is 12.1. The van der Waals surface area contributed by atoms with Crippen molar-refractivity contribution >= 4 is 9.84 Å². The Kier molecular flexibility index (Phi) is 5.97. The van der Waals surface area contributed by atoms with Crippen LogP contribution in [0.3, 0.4) is 0 Å². The quantitative estimate of drug-likeness (QED) is 0.794. The molecule has 1 aromatic carbocycles. The summed E-state index contributed by atoms with van der Waals surface area (Å²) >= 11 is 0. The van der Waals surface area contributed by atoms with Gasteiger partial charge in [-0.25, -0.2) is 8.42 Å². The van der Waals surface area contributed by atoms with Crippen molar-refractivity contribution < 1.29 is 13.5 Å². The number of hydrogen-bond acceptors (Lipinski definition) is 4. The number of rotatable bonds is 7. The van der Waals surface area contributed by atoms with Crippen LogP contribution in [0.25, 0.3) is 0 Å². The minimum absolute atomic E-state index is 0.249. The summed E-state index contributed by atoms with van der Waals surface area (Å²) in [7, 11) is -3.42. The fourth-order valence-electron chi connectivity index (χ4n) is 1.69. The Bertz CT molecular complexity index is 480. The fourth-order valence-corrected chi connectivity index (χ4v) is 3.06. The van der Waals surface area contributed by atoms with E-state index in [1.165, 1.54) is 0 Å². The SMILES string of the molecule is Cc1ccc(S(=O)(=O)CC(O)CNCC(C)C)cc1. The van der Waals surface area contributed by atoms with Crippen molar-refractivity contribution in [3.8, 4) is 0 Å². The number of hydrogen-bond donors (Lipinski definition) is 2. The Hall–Kier alpha value is -0.910. The molecule has 1 aromatic rings. The van der Waals surface area contributed by atoms with E-state index in [1.807, 2.05) is 6.92 Å². The minimum atomic E-state index is -3.42. The lowest BCUT2D eigenvalue weighted by Crippen LogP contribution is -2.34. The molecule has 0 aliphatic rings. The van der Waals surface area contributed by atoms with Gasteiger partial charge in [0, 0.05) is 6.54 Å². The van der Waals surface area contributed by atoms with Crippen molar-refractivity contribution in [2.75, 3.05) is 18.8 Å². The maximum atomic E-state index is 12.1. The summed E-state index contributed by atoms with van der Waals surface area (Å²) in [6.45, 7) is 7.08. The van der Waals surface area contributed by atoms with Crippen molar-refractivity contribution in [2.45, 2.75) is 31.8 Å². The molecule has 1 unspecified atom stereocenters. The molecule has 0 heterocycles. The van der Waals surface area contributed by atoms with Crippen molar-refractivity contribution in [3.05, 3.63) is 29.8 Å². The molecule has 0 saturated carbocycles. The van der Waals surface area contributed by atoms with Gasteiger partial charge < -0.3 is 10.4 Å². The van der Waals surface area contributed by atoms with Crippen LogP contribution in [0.1, 0.15) is 19.4 Å². The highest BCUT2D eigenvalue weighted by molar-refractivity contribution is 7.91. The molecule has 0 saturated heterocycles. The van der Waals surface area contributed by atoms with Crippen LogP contribution in [0.5, 0.6) is 0 Å². The molecule has 0 radical (unpaired) electrons. The molecule has 1 rings (SSSR count). The zero-order valence-corrected chi connectivity index (χ0v) is 12.6. The summed E-state index contributed by atoms with van der Waals surface area (Å²) < 4.78 is 24.1. The van der Waals surface area contributed by atoms with Gasteiger partial charge in [-0.05, 0) is 31.5 Å². The van der Waals surface area contributed by atoms with Gasteiger partial charge in [0.1, 0.15) is 0 Å². The number of benzene rings is 1. The number of aryl methyl sites for hydroxylation is 1. The summed E-state index contributed by atoms with van der Waals surface area (Å²) in [6, 6.07) is 6.68. The van der Waals surface area contributed by atoms with Crippen LogP contribution in [-0.2, 0) is 9.84 Å². The Morgan fingerprint density at radius 3 is 2.26 bits per heavy atom. The summed E-state index contributed by atoms with van der Waals surface area (Å²) in [4.78, 5) is 0.265. The Morgan fingerprint density at radius 2 is 1.74 bits per heavy atom. The van der Waals surface area contributed by atoms with E-state index >= 15 is 0 Å². The lowest BCUT2D eigenvalue weighted by Gasteiger charge is -2.13. The highest BCUT2D eigenvalue weighted by Gasteiger charge is 2.19. The van der Waals surface area contributed by atoms with Gasteiger partial charge in [0.15, 0.2) is 9.84 Å². The summed E-state index contributed by atoms with van der Waals surface area (Å²) in [5.41, 5.74) is 1.01. The Labute approximate surface area is 115 Å². The summed E-state index contributed by atoms with van der Waals surface area (Å²) in [5.74, 6) is 0.224. The highest BCUT2D eigenvalue weighted by atomic mass is 32.2. The largest absolute Gasteiger partial charge is 0.391 e. The third-order valence-electron chi connectivity index (χ3n) is 2.72. The van der Waals surface area contributed by atoms with Crippen LogP contribution >= 0.6 is 0 Å². The van der Waals surface area contributed by atoms with Gasteiger partial charge in [0.2, 0.25) is 0 Å². The minimum Gasteiger partial charge on any atom is -0.391 e. The molecular weight excluding hydrogens is 262 g/mol. The lowest BCUT2D eigenvalue weighted by molar-refractivity contribution is 0.192. The van der Waals surface area contributed by atoms with E-state index in [9.17, 15) is 13.5 Å². The molecule has 4 nitrogen and oxygen atoms in total. The number of aliphatic hydroxyl groups is 1. The van der Waals surface area contributed by atoms with Gasteiger partial charge in [-0.15, -0.1) is 0 Å². The average Bonchev–Trinajstić information content (AvgIpc) is 2.28. The molecule has 0 amide bonds. The van der Waals surface area contributed by atoms with Crippen LogP contribution in [0.2, 0.25) is 0 Å². The van der Waals surface area contributed by atoms with E-state index in [-0.39, 0.29) is 10.6 Å². The normalized spacial score (nSPS) is 13.7. The number of aliphatic hydroxyl groups excluding tert-OH is 1. The van der Waals surface area contributed by atoms with Gasteiger partial charge >= 0.3 is 0 Å². The van der Waals surface area contributed by atoms with E-state index in [4.69, 9.17) is 0 Å². The third kappa shape index (κ3) is 5.72. The van der Waals surface area contributed by atoms with E-state index in [0.29, 0.717) is 12.5 Å². The second-order valence-electron chi connectivity index (χ2n) is 5.30. The Morgan fingerprint density at radius 1 is 1.16 bits per heavy atom. The second kappa shape index (κ2) is 7.03. The van der Waals surface area contributed by atoms with Crippen molar-refractivity contribution in [1.29, 1.82) is 0 Å². The van der Waals surface area contributed by atoms with Crippen LogP contribution < -0.4 is 5.32 Å². The average molecular weight is 285 g/mol. The first-order valence-corrected chi connectivity index (χ1v) is 8.14. The predicted molar refractivity (Wildman–Crippen MR) is 76.9 cm³/mol. The summed E-state index contributed by atoms with van der Waals surface area (Å²) in [6.07, 6.45) is -0.884. The predicted octanol–water partition coefficient (Wildman–Crippen LogP) is 1.38. The smallest absolute Gasteiger partial charge is 0.180 e. The molecule has 0 bridgehead atoms. The first-order chi connectivity index (χ1) is 8.81. The first-order valence-electron chi connectivity index (χ1n) is 6.49. The molecule has 108 valence electrons. The van der Waals surface area contributed by atoms with E-state index in [2.05, 4.69) is 19.2 Å². The van der Waals surface area contributed by atoms with Gasteiger partial charge in [0.25, 0.3) is 0 Å². The highest BCUT2D eigenvalue weighted by Crippen LogP contribution is 2.13. The zero-order valence-electron chi connectivity index (χ0n) is 11.8. The first kappa shape index (κ1) is 16.1. The maximum Gasteiger partial charge on any atom is 0.180 e. The van der Waals surface area contributed by atoms with Crippen molar-refractivity contribution in [3.63, 3.8) is 0 Å². The van der Waals surface area contributed by atoms with Crippen molar-refractivity contribution in [1.82, 2.24) is 5.32 Å². The molecule has 1 atom stereocenters. The molecular formula is C14H23NO3S. The van der Waals surface area contributed by atoms with E-state index < -0.39 is 15.9 Å². The van der Waals surface area contributed by atoms with Crippen molar-refractivity contribution in [2.24, 2.45) is 5.92 Å². The molecule has 0 aromatic heterocycles. The number of sulfone groups is 1. The van der Waals surface area contributed by atoms with Crippen LogP contribution in [0.15, 0.2) is 29.2 Å². The van der Waals surface area contributed by atoms with Gasteiger partial charge in [0.05, 0.1) is 16.8 Å². The van der Waals surface area contributed by atoms with E-state index in [0.717, 1.165) is 12.1 Å². The molecule has 2 N–H and O–H groups in total. The number of nitrogens with one attached hydrogen (secondary N) is 1. The third-order valence-corrected chi connectivity index (χ3v) is 4.54. The molecule has 0 fully saturated rings. The zero-order chi connectivity index (χ0) is 14.5. The molecule has 19 heavy (non-hydrogen) atoms. The van der Waals surface area contributed by atoms with Gasteiger partial charge in [-0.3, -0.25) is 0 Å². The molecule has 5 heteroatoms. The monoisotopic (exact) mass is 285 g/mol. The standard InChI is InChI=1S/C14H23NO3S/c1-11(2)8-15-9-13(16)10-19(17,18)14-6-4-12(3)5-7-14/h4-7,11,13,15-16H,8-10H2,1-3H3.